The topological polar surface area (TPSA) is 50.8 Å². The van der Waals surface area contributed by atoms with Gasteiger partial charge in [-0.25, -0.2) is 0 Å². The number of ether oxygens (including phenoxy) is 2. The Bertz CT molecular complexity index is 1910. The van der Waals surface area contributed by atoms with Crippen molar-refractivity contribution in [2.24, 2.45) is 5.41 Å². The molecule has 0 aromatic heterocycles. The summed E-state index contributed by atoms with van der Waals surface area (Å²) in [4.78, 5) is 16.9. The lowest BCUT2D eigenvalue weighted by atomic mass is 9.61. The van der Waals surface area contributed by atoms with Crippen LogP contribution in [0.1, 0.15) is 30.1 Å². The quantitative estimate of drug-likeness (QED) is 0.183. The molecule has 5 heteroatoms. The van der Waals surface area contributed by atoms with E-state index in [0.717, 1.165) is 49.8 Å². The Morgan fingerprint density at radius 3 is 1.98 bits per heavy atom. The maximum atomic E-state index is 15.0. The van der Waals surface area contributed by atoms with Gasteiger partial charge in [0.25, 0.3) is 0 Å². The SMILES string of the molecule is COc1ccccc1NC(c1cccc2ccccc12)[C@]1(C)C(=O)N(c2ccccc2OC)[C@H]1c1cccc2ccccc12. The molecule has 6 aromatic rings. The second-order valence-electron chi connectivity index (χ2n) is 11.4. The van der Waals surface area contributed by atoms with Gasteiger partial charge in [0.05, 0.1) is 43.1 Å². The van der Waals surface area contributed by atoms with Crippen molar-refractivity contribution in [1.29, 1.82) is 0 Å². The van der Waals surface area contributed by atoms with E-state index in [1.54, 1.807) is 14.2 Å². The van der Waals surface area contributed by atoms with Crippen molar-refractivity contribution >= 4 is 38.8 Å². The van der Waals surface area contributed by atoms with Crippen LogP contribution in [0.3, 0.4) is 0 Å². The average molecular weight is 579 g/mol. The summed E-state index contributed by atoms with van der Waals surface area (Å²) in [5.41, 5.74) is 2.81. The number of methoxy groups -OCH3 is 2. The lowest BCUT2D eigenvalue weighted by Gasteiger charge is -2.58. The Labute approximate surface area is 257 Å². The van der Waals surface area contributed by atoms with E-state index in [1.807, 2.05) is 59.5 Å². The van der Waals surface area contributed by atoms with Crippen molar-refractivity contribution in [1.82, 2.24) is 0 Å². The number of anilines is 2. The Morgan fingerprint density at radius 1 is 0.659 bits per heavy atom. The van der Waals surface area contributed by atoms with E-state index < -0.39 is 11.5 Å². The van der Waals surface area contributed by atoms with Gasteiger partial charge >= 0.3 is 0 Å². The highest BCUT2D eigenvalue weighted by Gasteiger charge is 2.63. The van der Waals surface area contributed by atoms with Crippen LogP contribution in [0.4, 0.5) is 11.4 Å². The number of carbonyl (C=O) groups excluding carboxylic acids is 1. The molecule has 44 heavy (non-hydrogen) atoms. The summed E-state index contributed by atoms with van der Waals surface area (Å²) in [6, 6.07) is 44.4. The number of benzene rings is 6. The third-order valence-electron chi connectivity index (χ3n) is 9.11. The summed E-state index contributed by atoms with van der Waals surface area (Å²) in [5.74, 6) is 1.39. The smallest absolute Gasteiger partial charge is 0.238 e. The molecule has 7 rings (SSSR count). The highest BCUT2D eigenvalue weighted by molar-refractivity contribution is 6.09. The highest BCUT2D eigenvalue weighted by Crippen LogP contribution is 2.61. The summed E-state index contributed by atoms with van der Waals surface area (Å²) < 4.78 is 11.6. The van der Waals surface area contributed by atoms with Gasteiger partial charge in [0.15, 0.2) is 0 Å². The van der Waals surface area contributed by atoms with Crippen LogP contribution >= 0.6 is 0 Å². The van der Waals surface area contributed by atoms with Crippen molar-refractivity contribution in [3.8, 4) is 11.5 Å². The highest BCUT2D eigenvalue weighted by atomic mass is 16.5. The number of rotatable bonds is 8. The number of hydrogen-bond donors (Lipinski definition) is 1. The zero-order valence-corrected chi connectivity index (χ0v) is 25.0. The fourth-order valence-corrected chi connectivity index (χ4v) is 6.98. The number of fused-ring (bicyclic) bond motifs is 2. The van der Waals surface area contributed by atoms with Crippen LogP contribution in [0.2, 0.25) is 0 Å². The standard InChI is InChI=1S/C39H34N2O3/c1-39(36(40-32-22-8-10-24-34(32)43-2)30-20-12-16-26-14-4-6-18-28(26)30)37(31-21-13-17-27-15-5-7-19-29(27)31)41(38(39)42)33-23-9-11-25-35(33)44-3/h4-25,36-37,40H,1-3H3/t36?,37-,39-/m0/s1. The monoisotopic (exact) mass is 578 g/mol. The second kappa shape index (κ2) is 11.1. The zero-order valence-electron chi connectivity index (χ0n) is 25.0. The summed E-state index contributed by atoms with van der Waals surface area (Å²) >= 11 is 0. The van der Waals surface area contributed by atoms with E-state index in [2.05, 4.69) is 91.1 Å². The van der Waals surface area contributed by atoms with Crippen LogP contribution in [0.15, 0.2) is 133 Å². The Kier molecular flexibility index (Phi) is 6.94. The van der Waals surface area contributed by atoms with Crippen molar-refractivity contribution in [2.45, 2.75) is 19.0 Å². The molecule has 1 saturated heterocycles. The molecule has 5 nitrogen and oxygen atoms in total. The first-order valence-corrected chi connectivity index (χ1v) is 14.9. The van der Waals surface area contributed by atoms with Crippen molar-refractivity contribution in [2.75, 3.05) is 24.4 Å². The first-order chi connectivity index (χ1) is 21.6. The predicted molar refractivity (Wildman–Crippen MR) is 179 cm³/mol. The number of carbonyl (C=O) groups is 1. The average Bonchev–Trinajstić information content (AvgIpc) is 3.08. The molecule has 0 aliphatic carbocycles. The van der Waals surface area contributed by atoms with E-state index in [-0.39, 0.29) is 11.9 Å². The number of para-hydroxylation sites is 4. The molecule has 0 bridgehead atoms. The predicted octanol–water partition coefficient (Wildman–Crippen LogP) is 8.96. The fraction of sp³-hybridized carbons (Fsp3) is 0.154. The normalized spacial score (nSPS) is 18.6. The minimum Gasteiger partial charge on any atom is -0.495 e. The molecule has 1 aliphatic heterocycles. The zero-order chi connectivity index (χ0) is 30.3. The molecule has 1 N–H and O–H groups in total. The van der Waals surface area contributed by atoms with Crippen LogP contribution in [0.5, 0.6) is 11.5 Å². The summed E-state index contributed by atoms with van der Waals surface area (Å²) in [7, 11) is 3.32. The lowest BCUT2D eigenvalue weighted by Crippen LogP contribution is -2.66. The molecule has 1 unspecified atom stereocenters. The molecular formula is C39H34N2O3. The number of nitrogens with zero attached hydrogens (tertiary/aromatic N) is 1. The number of hydrogen-bond acceptors (Lipinski definition) is 4. The first kappa shape index (κ1) is 27.5. The second-order valence-corrected chi connectivity index (χ2v) is 11.4. The minimum absolute atomic E-state index is 0.0141. The van der Waals surface area contributed by atoms with E-state index in [9.17, 15) is 4.79 Å². The molecule has 1 fully saturated rings. The summed E-state index contributed by atoms with van der Waals surface area (Å²) in [5, 5.41) is 8.29. The van der Waals surface area contributed by atoms with Gasteiger partial charge in [-0.1, -0.05) is 109 Å². The Balaban J connectivity index is 1.50. The van der Waals surface area contributed by atoms with E-state index in [4.69, 9.17) is 9.47 Å². The van der Waals surface area contributed by atoms with Gasteiger partial charge in [-0.3, -0.25) is 9.69 Å². The van der Waals surface area contributed by atoms with Gasteiger partial charge in [0.1, 0.15) is 11.5 Å². The molecule has 0 radical (unpaired) electrons. The fourth-order valence-electron chi connectivity index (χ4n) is 6.98. The molecule has 0 spiro atoms. The van der Waals surface area contributed by atoms with Crippen LogP contribution in [0, 0.1) is 5.41 Å². The molecule has 1 aliphatic rings. The summed E-state index contributed by atoms with van der Waals surface area (Å²) in [6.45, 7) is 2.10. The first-order valence-electron chi connectivity index (χ1n) is 14.9. The van der Waals surface area contributed by atoms with E-state index in [1.165, 1.54) is 0 Å². The molecule has 6 aromatic carbocycles. The molecular weight excluding hydrogens is 544 g/mol. The van der Waals surface area contributed by atoms with Gasteiger partial charge in [0.2, 0.25) is 5.91 Å². The third kappa shape index (κ3) is 4.27. The van der Waals surface area contributed by atoms with Gasteiger partial charge in [-0.15, -0.1) is 0 Å². The van der Waals surface area contributed by atoms with E-state index in [0.29, 0.717) is 5.75 Å². The third-order valence-corrected chi connectivity index (χ3v) is 9.11. The Morgan fingerprint density at radius 2 is 1.23 bits per heavy atom. The van der Waals surface area contributed by atoms with Crippen LogP contribution < -0.4 is 19.7 Å². The minimum atomic E-state index is -0.907. The maximum absolute atomic E-state index is 15.0. The van der Waals surface area contributed by atoms with Crippen LogP contribution in [-0.4, -0.2) is 20.1 Å². The van der Waals surface area contributed by atoms with E-state index >= 15 is 0 Å². The number of amides is 1. The molecule has 3 atom stereocenters. The maximum Gasteiger partial charge on any atom is 0.238 e. The van der Waals surface area contributed by atoms with Crippen molar-refractivity contribution < 1.29 is 14.3 Å². The number of β-lactam (4-membered cyclic amide) rings is 1. The van der Waals surface area contributed by atoms with Gasteiger partial charge in [-0.2, -0.15) is 0 Å². The number of nitrogens with one attached hydrogen (secondary N) is 1. The van der Waals surface area contributed by atoms with Crippen LogP contribution in [0.25, 0.3) is 21.5 Å². The lowest BCUT2D eigenvalue weighted by molar-refractivity contribution is -0.140. The molecule has 218 valence electrons. The van der Waals surface area contributed by atoms with Crippen molar-refractivity contribution in [3.05, 3.63) is 145 Å². The Hall–Kier alpha value is -5.29. The summed E-state index contributed by atoms with van der Waals surface area (Å²) in [6.07, 6.45) is 0. The largest absolute Gasteiger partial charge is 0.495 e. The molecule has 1 amide bonds. The van der Waals surface area contributed by atoms with Gasteiger partial charge in [-0.05, 0) is 63.9 Å². The van der Waals surface area contributed by atoms with Gasteiger partial charge < -0.3 is 14.8 Å². The van der Waals surface area contributed by atoms with Crippen LogP contribution in [-0.2, 0) is 4.79 Å². The molecule has 1 heterocycles. The molecule has 0 saturated carbocycles. The van der Waals surface area contributed by atoms with Gasteiger partial charge in [0, 0.05) is 0 Å². The van der Waals surface area contributed by atoms with Crippen molar-refractivity contribution in [3.63, 3.8) is 0 Å².